The zero-order valence-electron chi connectivity index (χ0n) is 8.37. The molecule has 0 radical (unpaired) electrons. The van der Waals surface area contributed by atoms with Gasteiger partial charge in [-0.15, -0.1) is 0 Å². The van der Waals surface area contributed by atoms with Crippen LogP contribution in [0.3, 0.4) is 0 Å². The average molecular weight is 259 g/mol. The first-order chi connectivity index (χ1) is 6.65. The summed E-state index contributed by atoms with van der Waals surface area (Å²) in [6, 6.07) is 1.96. The van der Waals surface area contributed by atoms with Gasteiger partial charge in [0.05, 0.1) is 22.3 Å². The molecule has 0 amide bonds. The van der Waals surface area contributed by atoms with Crippen LogP contribution >= 0.6 is 15.9 Å². The van der Waals surface area contributed by atoms with Crippen LogP contribution in [0, 0.1) is 0 Å². The Kier molecular flexibility index (Phi) is 4.35. The quantitative estimate of drug-likeness (QED) is 0.872. The van der Waals surface area contributed by atoms with E-state index in [4.69, 9.17) is 0 Å². The van der Waals surface area contributed by atoms with Gasteiger partial charge in [0, 0.05) is 12.4 Å². The van der Waals surface area contributed by atoms with E-state index in [0.29, 0.717) is 0 Å². The largest absolute Gasteiger partial charge is 0.391 e. The van der Waals surface area contributed by atoms with Gasteiger partial charge in [0.2, 0.25) is 0 Å². The van der Waals surface area contributed by atoms with E-state index in [9.17, 15) is 5.11 Å². The van der Waals surface area contributed by atoms with Crippen LogP contribution in [0.2, 0.25) is 0 Å². The van der Waals surface area contributed by atoms with E-state index in [1.54, 1.807) is 19.3 Å². The Labute approximate surface area is 92.7 Å². The van der Waals surface area contributed by atoms with Crippen molar-refractivity contribution >= 4 is 21.6 Å². The maximum atomic E-state index is 9.47. The average Bonchev–Trinajstić information content (AvgIpc) is 2.16. The Morgan fingerprint density at radius 2 is 2.36 bits per heavy atom. The summed E-state index contributed by atoms with van der Waals surface area (Å²) in [5.41, 5.74) is 0.966. The standard InChI is InChI=1S/C10H15BrN2O/c1-3-9(7(2)14)13-10-4-5-12-6-8(10)11/h4-7,9,14H,3H2,1-2H3,(H,12,13). The summed E-state index contributed by atoms with van der Waals surface area (Å²) in [4.78, 5) is 3.97. The molecule has 4 heteroatoms. The van der Waals surface area contributed by atoms with Crippen molar-refractivity contribution < 1.29 is 5.11 Å². The molecule has 1 aromatic heterocycles. The van der Waals surface area contributed by atoms with Crippen molar-refractivity contribution in [2.45, 2.75) is 32.4 Å². The normalized spacial score (nSPS) is 14.9. The zero-order valence-corrected chi connectivity index (χ0v) is 9.95. The molecule has 1 aromatic rings. The third kappa shape index (κ3) is 2.96. The molecule has 0 fully saturated rings. The number of halogens is 1. The number of aliphatic hydroxyl groups excluding tert-OH is 1. The second-order valence-corrected chi connectivity index (χ2v) is 4.11. The fourth-order valence-corrected chi connectivity index (χ4v) is 1.62. The Bertz CT molecular complexity index is 291. The van der Waals surface area contributed by atoms with Crippen LogP contribution in [0.25, 0.3) is 0 Å². The molecule has 78 valence electrons. The molecule has 0 saturated carbocycles. The van der Waals surface area contributed by atoms with E-state index >= 15 is 0 Å². The number of nitrogens with zero attached hydrogens (tertiary/aromatic N) is 1. The highest BCUT2D eigenvalue weighted by molar-refractivity contribution is 9.10. The highest BCUT2D eigenvalue weighted by atomic mass is 79.9. The van der Waals surface area contributed by atoms with Crippen molar-refractivity contribution in [2.75, 3.05) is 5.32 Å². The summed E-state index contributed by atoms with van der Waals surface area (Å²) in [5.74, 6) is 0. The second kappa shape index (κ2) is 5.32. The van der Waals surface area contributed by atoms with Crippen LogP contribution in [-0.2, 0) is 0 Å². The second-order valence-electron chi connectivity index (χ2n) is 3.26. The number of aromatic nitrogens is 1. The summed E-state index contributed by atoms with van der Waals surface area (Å²) in [5, 5.41) is 12.7. The van der Waals surface area contributed by atoms with Crippen molar-refractivity contribution in [1.29, 1.82) is 0 Å². The molecule has 2 N–H and O–H groups in total. The molecule has 14 heavy (non-hydrogen) atoms. The predicted octanol–water partition coefficient (Wildman–Crippen LogP) is 2.42. The highest BCUT2D eigenvalue weighted by Gasteiger charge is 2.12. The van der Waals surface area contributed by atoms with Gasteiger partial charge in [-0.1, -0.05) is 6.92 Å². The summed E-state index contributed by atoms with van der Waals surface area (Å²) < 4.78 is 0.916. The van der Waals surface area contributed by atoms with Crippen molar-refractivity contribution in [2.24, 2.45) is 0 Å². The maximum absolute atomic E-state index is 9.47. The molecular weight excluding hydrogens is 244 g/mol. The van der Waals surface area contributed by atoms with Gasteiger partial charge in [-0.2, -0.15) is 0 Å². The third-order valence-corrected chi connectivity index (χ3v) is 2.77. The van der Waals surface area contributed by atoms with Crippen LogP contribution in [-0.4, -0.2) is 22.2 Å². The molecule has 0 aliphatic heterocycles. The SMILES string of the molecule is CCC(Nc1ccncc1Br)C(C)O. The van der Waals surface area contributed by atoms with Gasteiger partial charge in [0.15, 0.2) is 0 Å². The molecule has 0 bridgehead atoms. The topological polar surface area (TPSA) is 45.2 Å². The lowest BCUT2D eigenvalue weighted by Crippen LogP contribution is -2.30. The van der Waals surface area contributed by atoms with Gasteiger partial charge < -0.3 is 10.4 Å². The van der Waals surface area contributed by atoms with Gasteiger partial charge in [0.25, 0.3) is 0 Å². The molecule has 0 aliphatic rings. The molecule has 0 saturated heterocycles. The minimum absolute atomic E-state index is 0.0775. The van der Waals surface area contributed by atoms with Crippen molar-refractivity contribution in [1.82, 2.24) is 4.98 Å². The number of hydrogen-bond acceptors (Lipinski definition) is 3. The number of nitrogens with one attached hydrogen (secondary N) is 1. The lowest BCUT2D eigenvalue weighted by Gasteiger charge is -2.21. The Morgan fingerprint density at radius 3 is 2.86 bits per heavy atom. The van der Waals surface area contributed by atoms with Crippen molar-refractivity contribution in [3.63, 3.8) is 0 Å². The van der Waals surface area contributed by atoms with Crippen LogP contribution in [0.5, 0.6) is 0 Å². The molecule has 1 rings (SSSR count). The molecule has 0 spiro atoms. The smallest absolute Gasteiger partial charge is 0.0712 e. The van der Waals surface area contributed by atoms with Gasteiger partial charge in [-0.3, -0.25) is 4.98 Å². The fourth-order valence-electron chi connectivity index (χ4n) is 1.26. The first-order valence-corrected chi connectivity index (χ1v) is 5.48. The van der Waals surface area contributed by atoms with E-state index in [0.717, 1.165) is 16.6 Å². The van der Waals surface area contributed by atoms with Crippen LogP contribution in [0.15, 0.2) is 22.9 Å². The molecule has 0 aliphatic carbocycles. The number of rotatable bonds is 4. The van der Waals surface area contributed by atoms with Crippen molar-refractivity contribution in [3.8, 4) is 0 Å². The first kappa shape index (κ1) is 11.5. The van der Waals surface area contributed by atoms with E-state index in [1.807, 2.05) is 13.0 Å². The molecule has 2 atom stereocenters. The first-order valence-electron chi connectivity index (χ1n) is 4.69. The summed E-state index contributed by atoms with van der Waals surface area (Å²) >= 11 is 3.40. The van der Waals surface area contributed by atoms with Crippen LogP contribution < -0.4 is 5.32 Å². The van der Waals surface area contributed by atoms with Gasteiger partial charge in [-0.05, 0) is 35.3 Å². The lowest BCUT2D eigenvalue weighted by molar-refractivity contribution is 0.169. The number of aliphatic hydroxyl groups is 1. The van der Waals surface area contributed by atoms with Gasteiger partial charge in [0.1, 0.15) is 0 Å². The molecule has 1 heterocycles. The highest BCUT2D eigenvalue weighted by Crippen LogP contribution is 2.21. The molecule has 2 unspecified atom stereocenters. The third-order valence-electron chi connectivity index (χ3n) is 2.14. The molecule has 0 aromatic carbocycles. The zero-order chi connectivity index (χ0) is 10.6. The molecular formula is C10H15BrN2O. The fraction of sp³-hybridized carbons (Fsp3) is 0.500. The Hall–Kier alpha value is -0.610. The van der Waals surface area contributed by atoms with E-state index in [-0.39, 0.29) is 12.1 Å². The van der Waals surface area contributed by atoms with Crippen LogP contribution in [0.4, 0.5) is 5.69 Å². The van der Waals surface area contributed by atoms with Gasteiger partial charge >= 0.3 is 0 Å². The number of hydrogen-bond donors (Lipinski definition) is 2. The summed E-state index contributed by atoms with van der Waals surface area (Å²) in [6.07, 6.45) is 3.98. The Morgan fingerprint density at radius 1 is 1.64 bits per heavy atom. The van der Waals surface area contributed by atoms with E-state index < -0.39 is 0 Å². The van der Waals surface area contributed by atoms with Gasteiger partial charge in [-0.25, -0.2) is 0 Å². The van der Waals surface area contributed by atoms with Crippen LogP contribution in [0.1, 0.15) is 20.3 Å². The maximum Gasteiger partial charge on any atom is 0.0712 e. The minimum atomic E-state index is -0.361. The van der Waals surface area contributed by atoms with E-state index in [1.165, 1.54) is 0 Å². The summed E-state index contributed by atoms with van der Waals surface area (Å²) in [7, 11) is 0. The molecule has 3 nitrogen and oxygen atoms in total. The minimum Gasteiger partial charge on any atom is -0.391 e. The Balaban J connectivity index is 2.72. The predicted molar refractivity (Wildman–Crippen MR) is 61.3 cm³/mol. The monoisotopic (exact) mass is 258 g/mol. The number of pyridine rings is 1. The lowest BCUT2D eigenvalue weighted by atomic mass is 10.1. The number of anilines is 1. The summed E-state index contributed by atoms with van der Waals surface area (Å²) in [6.45, 7) is 3.83. The van der Waals surface area contributed by atoms with Crippen molar-refractivity contribution in [3.05, 3.63) is 22.9 Å². The van der Waals surface area contributed by atoms with E-state index in [2.05, 4.69) is 26.2 Å².